The largest absolute Gasteiger partial charge is 0.481 e. The number of carboxylic acids is 2. The third-order valence-corrected chi connectivity index (χ3v) is 6.88. The van der Waals surface area contributed by atoms with E-state index in [2.05, 4.69) is 42.5 Å². The number of rotatable bonds is 7. The Morgan fingerprint density at radius 2 is 1.24 bits per heavy atom. The Bertz CT molecular complexity index is 1370. The summed E-state index contributed by atoms with van der Waals surface area (Å²) in [7, 11) is 0. The molecule has 33 heavy (non-hydrogen) atoms. The standard InChI is InChI=1S/C29H24O4/c30-26(31)14-16-29(17-15-27(32)33)24-10-4-3-8-23(24)28-22(9-5-11-25(28)29)21-13-12-19-6-1-2-7-20(19)18-21/h1-13,18H,14-17H2,(H,30,31)(H,32,33). The molecule has 0 saturated heterocycles. The minimum atomic E-state index is -0.874. The zero-order chi connectivity index (χ0) is 23.0. The Morgan fingerprint density at radius 3 is 1.97 bits per heavy atom. The van der Waals surface area contributed by atoms with Gasteiger partial charge in [0.05, 0.1) is 0 Å². The molecule has 0 heterocycles. The highest BCUT2D eigenvalue weighted by atomic mass is 16.4. The number of hydrogen-bond donors (Lipinski definition) is 2. The van der Waals surface area contributed by atoms with Gasteiger partial charge in [0.25, 0.3) is 0 Å². The van der Waals surface area contributed by atoms with Crippen molar-refractivity contribution in [3.63, 3.8) is 0 Å². The molecule has 0 fully saturated rings. The molecule has 2 N–H and O–H groups in total. The van der Waals surface area contributed by atoms with Gasteiger partial charge in [-0.1, -0.05) is 78.9 Å². The zero-order valence-electron chi connectivity index (χ0n) is 18.1. The number of fused-ring (bicyclic) bond motifs is 4. The Labute approximate surface area is 192 Å². The number of hydrogen-bond acceptors (Lipinski definition) is 2. The number of carboxylic acid groups (broad SMARTS) is 2. The summed E-state index contributed by atoms with van der Waals surface area (Å²) in [5.41, 5.74) is 5.72. The Balaban J connectivity index is 1.75. The summed E-state index contributed by atoms with van der Waals surface area (Å²) in [4.78, 5) is 23.1. The molecule has 164 valence electrons. The lowest BCUT2D eigenvalue weighted by Gasteiger charge is -2.31. The van der Waals surface area contributed by atoms with Crippen LogP contribution in [0.3, 0.4) is 0 Å². The van der Waals surface area contributed by atoms with Crippen molar-refractivity contribution in [2.45, 2.75) is 31.1 Å². The first-order valence-electron chi connectivity index (χ1n) is 11.2. The van der Waals surface area contributed by atoms with Gasteiger partial charge in [0.2, 0.25) is 0 Å². The normalized spacial score (nSPS) is 13.5. The van der Waals surface area contributed by atoms with Crippen molar-refractivity contribution in [1.29, 1.82) is 0 Å². The molecule has 0 aromatic heterocycles. The third kappa shape index (κ3) is 3.58. The van der Waals surface area contributed by atoms with Gasteiger partial charge in [-0.25, -0.2) is 0 Å². The second kappa shape index (κ2) is 8.21. The predicted molar refractivity (Wildman–Crippen MR) is 129 cm³/mol. The van der Waals surface area contributed by atoms with Crippen LogP contribution in [0.15, 0.2) is 84.9 Å². The molecule has 0 spiro atoms. The van der Waals surface area contributed by atoms with Gasteiger partial charge >= 0.3 is 11.9 Å². The highest BCUT2D eigenvalue weighted by Crippen LogP contribution is 2.56. The van der Waals surface area contributed by atoms with Gasteiger partial charge in [-0.05, 0) is 63.1 Å². The van der Waals surface area contributed by atoms with Crippen LogP contribution in [0, 0.1) is 0 Å². The molecule has 0 aliphatic heterocycles. The lowest BCUT2D eigenvalue weighted by molar-refractivity contribution is -0.137. The summed E-state index contributed by atoms with van der Waals surface area (Å²) < 4.78 is 0. The van der Waals surface area contributed by atoms with E-state index in [4.69, 9.17) is 0 Å². The number of benzene rings is 4. The van der Waals surface area contributed by atoms with Crippen LogP contribution in [0.5, 0.6) is 0 Å². The first kappa shape index (κ1) is 21.0. The predicted octanol–water partition coefficient (Wildman–Crippen LogP) is 6.50. The van der Waals surface area contributed by atoms with Crippen molar-refractivity contribution in [2.75, 3.05) is 0 Å². The van der Waals surface area contributed by atoms with Crippen molar-refractivity contribution < 1.29 is 19.8 Å². The number of aliphatic carboxylic acids is 2. The monoisotopic (exact) mass is 436 g/mol. The minimum Gasteiger partial charge on any atom is -0.481 e. The topological polar surface area (TPSA) is 74.6 Å². The van der Waals surface area contributed by atoms with Crippen molar-refractivity contribution in [1.82, 2.24) is 0 Å². The average molecular weight is 437 g/mol. The SMILES string of the molecule is O=C(O)CCC1(CCC(=O)O)c2ccccc2-c2c(-c3ccc4ccccc4c3)cccc21. The summed E-state index contributed by atoms with van der Waals surface area (Å²) >= 11 is 0. The fourth-order valence-corrected chi connectivity index (χ4v) is 5.41. The minimum absolute atomic E-state index is 0.0202. The first-order chi connectivity index (χ1) is 16.0. The molecule has 4 aromatic carbocycles. The average Bonchev–Trinajstić information content (AvgIpc) is 3.11. The van der Waals surface area contributed by atoms with Gasteiger partial charge in [-0.3, -0.25) is 9.59 Å². The Kier molecular flexibility index (Phi) is 5.21. The van der Waals surface area contributed by atoms with E-state index in [0.29, 0.717) is 12.8 Å². The summed E-state index contributed by atoms with van der Waals surface area (Å²) in [5, 5.41) is 21.3. The highest BCUT2D eigenvalue weighted by molar-refractivity contribution is 5.96. The molecule has 1 aliphatic carbocycles. The van der Waals surface area contributed by atoms with E-state index in [1.54, 1.807) is 0 Å². The molecule has 0 unspecified atom stereocenters. The highest BCUT2D eigenvalue weighted by Gasteiger charge is 2.44. The molecular formula is C29H24O4. The quantitative estimate of drug-likeness (QED) is 0.347. The van der Waals surface area contributed by atoms with Crippen molar-refractivity contribution in [3.8, 4) is 22.3 Å². The Hall–Kier alpha value is -3.92. The van der Waals surface area contributed by atoms with Crippen LogP contribution < -0.4 is 0 Å². The third-order valence-electron chi connectivity index (χ3n) is 6.88. The van der Waals surface area contributed by atoms with E-state index in [1.165, 1.54) is 5.39 Å². The maximum Gasteiger partial charge on any atom is 0.303 e. The van der Waals surface area contributed by atoms with Gasteiger partial charge in [0.15, 0.2) is 0 Å². The van der Waals surface area contributed by atoms with Crippen LogP contribution in [0.25, 0.3) is 33.0 Å². The fraction of sp³-hybridized carbons (Fsp3) is 0.172. The molecule has 4 nitrogen and oxygen atoms in total. The van der Waals surface area contributed by atoms with Gasteiger partial charge < -0.3 is 10.2 Å². The lowest BCUT2D eigenvalue weighted by Crippen LogP contribution is -2.27. The summed E-state index contributed by atoms with van der Waals surface area (Å²) in [6, 6.07) is 28.9. The summed E-state index contributed by atoms with van der Waals surface area (Å²) in [5.74, 6) is -1.75. The Morgan fingerprint density at radius 1 is 0.636 bits per heavy atom. The molecule has 5 rings (SSSR count). The molecule has 4 aromatic rings. The van der Waals surface area contributed by atoms with Crippen LogP contribution in [0.1, 0.15) is 36.8 Å². The maximum atomic E-state index is 11.6. The van der Waals surface area contributed by atoms with E-state index < -0.39 is 17.4 Å². The molecular weight excluding hydrogens is 412 g/mol. The van der Waals surface area contributed by atoms with Crippen LogP contribution >= 0.6 is 0 Å². The second-order valence-corrected chi connectivity index (χ2v) is 8.71. The number of carbonyl (C=O) groups is 2. The van der Waals surface area contributed by atoms with Gasteiger partial charge in [0.1, 0.15) is 0 Å². The lowest BCUT2D eigenvalue weighted by atomic mass is 9.71. The van der Waals surface area contributed by atoms with Crippen molar-refractivity contribution >= 4 is 22.7 Å². The molecule has 1 aliphatic rings. The summed E-state index contributed by atoms with van der Waals surface area (Å²) in [6.45, 7) is 0. The van der Waals surface area contributed by atoms with Crippen molar-refractivity contribution in [2.24, 2.45) is 0 Å². The molecule has 0 bridgehead atoms. The molecule has 0 saturated carbocycles. The molecule has 0 amide bonds. The second-order valence-electron chi connectivity index (χ2n) is 8.71. The van der Waals surface area contributed by atoms with E-state index in [0.717, 1.165) is 38.8 Å². The van der Waals surface area contributed by atoms with E-state index >= 15 is 0 Å². The van der Waals surface area contributed by atoms with Crippen LogP contribution in [0.2, 0.25) is 0 Å². The first-order valence-corrected chi connectivity index (χ1v) is 11.2. The van der Waals surface area contributed by atoms with E-state index in [9.17, 15) is 19.8 Å². The van der Waals surface area contributed by atoms with Gasteiger partial charge in [0, 0.05) is 18.3 Å². The summed E-state index contributed by atoms with van der Waals surface area (Å²) in [6.07, 6.45) is 0.683. The fourth-order valence-electron chi connectivity index (χ4n) is 5.41. The van der Waals surface area contributed by atoms with E-state index in [1.807, 2.05) is 42.5 Å². The van der Waals surface area contributed by atoms with Crippen LogP contribution in [-0.4, -0.2) is 22.2 Å². The smallest absolute Gasteiger partial charge is 0.303 e. The van der Waals surface area contributed by atoms with Crippen molar-refractivity contribution in [3.05, 3.63) is 96.1 Å². The molecule has 4 heteroatoms. The molecule has 0 radical (unpaired) electrons. The van der Waals surface area contributed by atoms with E-state index in [-0.39, 0.29) is 12.8 Å². The zero-order valence-corrected chi connectivity index (χ0v) is 18.1. The maximum absolute atomic E-state index is 11.6. The van der Waals surface area contributed by atoms with Gasteiger partial charge in [-0.15, -0.1) is 0 Å². The van der Waals surface area contributed by atoms with Crippen LogP contribution in [-0.2, 0) is 15.0 Å². The van der Waals surface area contributed by atoms with Gasteiger partial charge in [-0.2, -0.15) is 0 Å². The molecule has 0 atom stereocenters. The van der Waals surface area contributed by atoms with Crippen LogP contribution in [0.4, 0.5) is 0 Å².